The molecule has 1 unspecified atom stereocenters. The van der Waals surface area contributed by atoms with Crippen LogP contribution in [0, 0.1) is 0 Å². The minimum absolute atomic E-state index is 0.0638. The Morgan fingerprint density at radius 1 is 1.47 bits per heavy atom. The number of nitrogens with one attached hydrogen (secondary N) is 1. The van der Waals surface area contributed by atoms with Crippen LogP contribution in [-0.4, -0.2) is 33.4 Å². The van der Waals surface area contributed by atoms with Gasteiger partial charge in [-0.05, 0) is 6.92 Å². The summed E-state index contributed by atoms with van der Waals surface area (Å²) in [5, 5.41) is 6.67. The maximum absolute atomic E-state index is 5.89. The van der Waals surface area contributed by atoms with Gasteiger partial charge in [-0.3, -0.25) is 5.10 Å². The summed E-state index contributed by atoms with van der Waals surface area (Å²) in [6, 6.07) is 0. The number of nitrogens with zero attached hydrogens (tertiary/aromatic N) is 3. The van der Waals surface area contributed by atoms with Crippen LogP contribution >= 0.6 is 0 Å². The van der Waals surface area contributed by atoms with Gasteiger partial charge in [0.2, 0.25) is 0 Å². The molecule has 2 aromatic rings. The zero-order valence-corrected chi connectivity index (χ0v) is 9.84. The van der Waals surface area contributed by atoms with Crippen molar-refractivity contribution >= 4 is 5.82 Å². The fourth-order valence-corrected chi connectivity index (χ4v) is 1.63. The smallest absolute Gasteiger partial charge is 0.130 e. The van der Waals surface area contributed by atoms with Gasteiger partial charge in [0.15, 0.2) is 0 Å². The fraction of sp³-hybridized carbons (Fsp3) is 0.364. The molecule has 0 aliphatic carbocycles. The number of anilines is 1. The van der Waals surface area contributed by atoms with Crippen molar-refractivity contribution in [2.24, 2.45) is 0 Å². The van der Waals surface area contributed by atoms with E-state index in [0.29, 0.717) is 12.2 Å². The minimum atomic E-state index is 0.0638. The Hall–Kier alpha value is -1.95. The number of rotatable bonds is 4. The quantitative estimate of drug-likeness (QED) is 0.823. The molecule has 0 aliphatic heterocycles. The van der Waals surface area contributed by atoms with Gasteiger partial charge < -0.3 is 10.5 Å². The van der Waals surface area contributed by atoms with Gasteiger partial charge in [-0.2, -0.15) is 5.10 Å². The second kappa shape index (κ2) is 4.92. The van der Waals surface area contributed by atoms with Gasteiger partial charge >= 0.3 is 0 Å². The molecule has 0 radical (unpaired) electrons. The molecular weight excluding hydrogens is 218 g/mol. The van der Waals surface area contributed by atoms with Gasteiger partial charge in [-0.15, -0.1) is 0 Å². The monoisotopic (exact) mass is 233 g/mol. The molecule has 0 aromatic carbocycles. The summed E-state index contributed by atoms with van der Waals surface area (Å²) in [6.07, 6.45) is 5.68. The van der Waals surface area contributed by atoms with Gasteiger partial charge in [0, 0.05) is 30.9 Å². The normalized spacial score (nSPS) is 12.6. The van der Waals surface area contributed by atoms with Crippen molar-refractivity contribution in [2.45, 2.75) is 19.4 Å². The third-order valence-electron chi connectivity index (χ3n) is 2.64. The van der Waals surface area contributed by atoms with Crippen LogP contribution in [0.3, 0.4) is 0 Å². The first kappa shape index (κ1) is 11.5. The van der Waals surface area contributed by atoms with Crippen LogP contribution in [0.4, 0.5) is 5.82 Å². The lowest BCUT2D eigenvalue weighted by molar-refractivity contribution is 0.119. The summed E-state index contributed by atoms with van der Waals surface area (Å²) in [7, 11) is 1.67. The maximum atomic E-state index is 5.89. The number of aromatic nitrogens is 4. The Morgan fingerprint density at radius 3 is 2.94 bits per heavy atom. The van der Waals surface area contributed by atoms with E-state index in [9.17, 15) is 0 Å². The highest BCUT2D eigenvalue weighted by Gasteiger charge is 2.14. The van der Waals surface area contributed by atoms with Gasteiger partial charge in [0.25, 0.3) is 0 Å². The predicted octanol–water partition coefficient (Wildman–Crippen LogP) is 1.03. The van der Waals surface area contributed by atoms with E-state index in [1.54, 1.807) is 19.5 Å². The SMILES string of the molecule is COC(C)Cc1c(N)ncnc1-c1cn[nH]c1. The van der Waals surface area contributed by atoms with Crippen molar-refractivity contribution in [3.8, 4) is 11.3 Å². The predicted molar refractivity (Wildman–Crippen MR) is 64.2 cm³/mol. The molecule has 0 bridgehead atoms. The van der Waals surface area contributed by atoms with Gasteiger partial charge in [-0.1, -0.05) is 0 Å². The summed E-state index contributed by atoms with van der Waals surface area (Å²) in [6.45, 7) is 1.98. The first-order chi connectivity index (χ1) is 8.22. The molecule has 0 fully saturated rings. The van der Waals surface area contributed by atoms with Crippen molar-refractivity contribution in [3.63, 3.8) is 0 Å². The molecule has 6 heteroatoms. The second-order valence-corrected chi connectivity index (χ2v) is 3.82. The number of nitrogens with two attached hydrogens (primary N) is 1. The lowest BCUT2D eigenvalue weighted by Crippen LogP contribution is -2.12. The first-order valence-electron chi connectivity index (χ1n) is 5.33. The molecule has 90 valence electrons. The first-order valence-corrected chi connectivity index (χ1v) is 5.33. The van der Waals surface area contributed by atoms with Crippen LogP contribution in [0.1, 0.15) is 12.5 Å². The molecule has 6 nitrogen and oxygen atoms in total. The second-order valence-electron chi connectivity index (χ2n) is 3.82. The topological polar surface area (TPSA) is 89.7 Å². The Morgan fingerprint density at radius 2 is 2.29 bits per heavy atom. The van der Waals surface area contributed by atoms with Crippen molar-refractivity contribution in [3.05, 3.63) is 24.3 Å². The zero-order valence-electron chi connectivity index (χ0n) is 9.84. The van der Waals surface area contributed by atoms with Crippen LogP contribution in [0.2, 0.25) is 0 Å². The van der Waals surface area contributed by atoms with Crippen LogP contribution in [0.15, 0.2) is 18.7 Å². The van der Waals surface area contributed by atoms with Gasteiger partial charge in [-0.25, -0.2) is 9.97 Å². The summed E-state index contributed by atoms with van der Waals surface area (Å²) in [5.74, 6) is 0.486. The molecule has 2 aromatic heterocycles. The number of hydrogen-bond acceptors (Lipinski definition) is 5. The number of hydrogen-bond donors (Lipinski definition) is 2. The highest BCUT2D eigenvalue weighted by molar-refractivity contribution is 5.66. The standard InChI is InChI=1S/C11H15N5O/c1-7(17-2)3-9-10(8-4-15-16-5-8)13-6-14-11(9)12/h4-7H,3H2,1-2H3,(H,15,16)(H2,12,13,14). The van der Waals surface area contributed by atoms with E-state index in [-0.39, 0.29) is 6.10 Å². The summed E-state index contributed by atoms with van der Waals surface area (Å²) in [5.41, 5.74) is 8.49. The number of methoxy groups -OCH3 is 1. The van der Waals surface area contributed by atoms with Crippen LogP contribution in [-0.2, 0) is 11.2 Å². The third kappa shape index (κ3) is 2.42. The maximum Gasteiger partial charge on any atom is 0.130 e. The zero-order chi connectivity index (χ0) is 12.3. The highest BCUT2D eigenvalue weighted by Crippen LogP contribution is 2.24. The molecule has 0 spiro atoms. The van der Waals surface area contributed by atoms with Crippen molar-refractivity contribution in [1.82, 2.24) is 20.2 Å². The number of ether oxygens (including phenoxy) is 1. The Bertz CT molecular complexity index is 483. The average molecular weight is 233 g/mol. The Labute approximate surface area is 99.2 Å². The minimum Gasteiger partial charge on any atom is -0.383 e. The fourth-order valence-electron chi connectivity index (χ4n) is 1.63. The number of nitrogen functional groups attached to an aromatic ring is 1. The van der Waals surface area contributed by atoms with Crippen LogP contribution in [0.5, 0.6) is 0 Å². The average Bonchev–Trinajstić information content (AvgIpc) is 2.85. The number of aromatic amines is 1. The van der Waals surface area contributed by atoms with E-state index >= 15 is 0 Å². The molecule has 0 aliphatic rings. The molecule has 2 rings (SSSR count). The molecule has 2 heterocycles. The summed E-state index contributed by atoms with van der Waals surface area (Å²) < 4.78 is 5.25. The lowest BCUT2D eigenvalue weighted by atomic mass is 10.0. The van der Waals surface area contributed by atoms with Crippen molar-refractivity contribution in [2.75, 3.05) is 12.8 Å². The molecule has 1 atom stereocenters. The van der Waals surface area contributed by atoms with Crippen LogP contribution < -0.4 is 5.73 Å². The lowest BCUT2D eigenvalue weighted by Gasteiger charge is -2.13. The highest BCUT2D eigenvalue weighted by atomic mass is 16.5. The van der Waals surface area contributed by atoms with Crippen molar-refractivity contribution in [1.29, 1.82) is 0 Å². The largest absolute Gasteiger partial charge is 0.383 e. The van der Waals surface area contributed by atoms with Crippen LogP contribution in [0.25, 0.3) is 11.3 Å². The Balaban J connectivity index is 2.42. The number of H-pyrrole nitrogens is 1. The van der Waals surface area contributed by atoms with E-state index in [1.165, 1.54) is 6.33 Å². The third-order valence-corrected chi connectivity index (χ3v) is 2.64. The summed E-state index contributed by atoms with van der Waals surface area (Å²) in [4.78, 5) is 8.28. The van der Waals surface area contributed by atoms with E-state index in [2.05, 4.69) is 20.2 Å². The van der Waals surface area contributed by atoms with E-state index in [1.807, 2.05) is 6.92 Å². The molecule has 3 N–H and O–H groups in total. The molecular formula is C11H15N5O. The van der Waals surface area contributed by atoms with E-state index < -0.39 is 0 Å². The molecule has 0 amide bonds. The molecule has 0 saturated heterocycles. The molecule has 0 saturated carbocycles. The van der Waals surface area contributed by atoms with Crippen molar-refractivity contribution < 1.29 is 4.74 Å². The van der Waals surface area contributed by atoms with E-state index in [4.69, 9.17) is 10.5 Å². The van der Waals surface area contributed by atoms with Gasteiger partial charge in [0.1, 0.15) is 12.1 Å². The molecule has 17 heavy (non-hydrogen) atoms. The van der Waals surface area contributed by atoms with E-state index in [0.717, 1.165) is 16.8 Å². The summed E-state index contributed by atoms with van der Waals surface area (Å²) >= 11 is 0. The van der Waals surface area contributed by atoms with Gasteiger partial charge in [0.05, 0.1) is 18.0 Å². The Kier molecular flexibility index (Phi) is 3.34.